The molecule has 4 nitrogen and oxygen atoms in total. The lowest BCUT2D eigenvalue weighted by Crippen LogP contribution is -2.66. The largest absolute Gasteiger partial charge is 0.381 e. The summed E-state index contributed by atoms with van der Waals surface area (Å²) in [6.07, 6.45) is 9.29. The summed E-state index contributed by atoms with van der Waals surface area (Å²) in [5.74, 6) is 0.701. The molecule has 3 saturated heterocycles. The van der Waals surface area contributed by atoms with Crippen LogP contribution in [0, 0.1) is 11.3 Å². The van der Waals surface area contributed by atoms with Gasteiger partial charge in [0, 0.05) is 44.2 Å². The normalized spacial score (nSPS) is 31.0. The number of rotatable bonds is 2. The van der Waals surface area contributed by atoms with Crippen LogP contribution in [0.15, 0.2) is 0 Å². The molecule has 4 heteroatoms. The first kappa shape index (κ1) is 14.0. The van der Waals surface area contributed by atoms with Crippen molar-refractivity contribution in [3.8, 4) is 0 Å². The number of hydrogen-bond donors (Lipinski definition) is 0. The van der Waals surface area contributed by atoms with Crippen molar-refractivity contribution in [1.29, 1.82) is 0 Å². The van der Waals surface area contributed by atoms with E-state index in [1.54, 1.807) is 0 Å². The van der Waals surface area contributed by atoms with E-state index in [4.69, 9.17) is 4.74 Å². The quantitative estimate of drug-likeness (QED) is 0.779. The molecule has 0 unspecified atom stereocenters. The maximum absolute atomic E-state index is 12.5. The number of likely N-dealkylation sites (tertiary alicyclic amines) is 2. The predicted octanol–water partition coefficient (Wildman–Crippen LogP) is 1.89. The molecule has 1 saturated carbocycles. The maximum Gasteiger partial charge on any atom is 0.228 e. The van der Waals surface area contributed by atoms with Crippen LogP contribution in [0.2, 0.25) is 0 Å². The standard InChI is InChI=1S/C17H28N2O2/c20-16(19-11-17(12-19)7-4-8-21-13-17)14-9-18(10-14)15-5-2-1-3-6-15/h14-15H,1-13H2. The summed E-state index contributed by atoms with van der Waals surface area (Å²) in [5, 5.41) is 0. The van der Waals surface area contributed by atoms with Gasteiger partial charge in [0.15, 0.2) is 0 Å². The molecule has 0 bridgehead atoms. The van der Waals surface area contributed by atoms with Crippen LogP contribution in [0.25, 0.3) is 0 Å². The third kappa shape index (κ3) is 2.61. The van der Waals surface area contributed by atoms with Crippen molar-refractivity contribution < 1.29 is 9.53 Å². The SMILES string of the molecule is O=C(C1CN(C2CCCCC2)C1)N1CC2(CCCOC2)C1. The van der Waals surface area contributed by atoms with Crippen molar-refractivity contribution in [2.75, 3.05) is 39.4 Å². The highest BCUT2D eigenvalue weighted by Crippen LogP contribution is 2.39. The fourth-order valence-corrected chi connectivity index (χ4v) is 4.75. The Morgan fingerprint density at radius 3 is 2.48 bits per heavy atom. The summed E-state index contributed by atoms with van der Waals surface area (Å²) >= 11 is 0. The summed E-state index contributed by atoms with van der Waals surface area (Å²) in [4.78, 5) is 17.2. The van der Waals surface area contributed by atoms with Gasteiger partial charge in [0.1, 0.15) is 0 Å². The van der Waals surface area contributed by atoms with Gasteiger partial charge in [0.2, 0.25) is 5.91 Å². The molecule has 1 amide bonds. The van der Waals surface area contributed by atoms with Crippen LogP contribution in [0.1, 0.15) is 44.9 Å². The van der Waals surface area contributed by atoms with Gasteiger partial charge >= 0.3 is 0 Å². The summed E-state index contributed by atoms with van der Waals surface area (Å²) < 4.78 is 5.61. The Morgan fingerprint density at radius 2 is 1.81 bits per heavy atom. The van der Waals surface area contributed by atoms with Crippen molar-refractivity contribution in [2.24, 2.45) is 11.3 Å². The highest BCUT2D eigenvalue weighted by Gasteiger charge is 2.49. The molecule has 4 fully saturated rings. The molecule has 0 aromatic carbocycles. The summed E-state index contributed by atoms with van der Waals surface area (Å²) in [6.45, 7) is 5.72. The number of amides is 1. The van der Waals surface area contributed by atoms with E-state index in [-0.39, 0.29) is 5.92 Å². The van der Waals surface area contributed by atoms with E-state index in [9.17, 15) is 4.79 Å². The van der Waals surface area contributed by atoms with E-state index in [1.807, 2.05) is 0 Å². The van der Waals surface area contributed by atoms with Crippen LogP contribution in [0.5, 0.6) is 0 Å². The van der Waals surface area contributed by atoms with E-state index in [2.05, 4.69) is 9.80 Å². The maximum atomic E-state index is 12.5. The Labute approximate surface area is 127 Å². The Balaban J connectivity index is 1.23. The van der Waals surface area contributed by atoms with Gasteiger partial charge in [-0.2, -0.15) is 0 Å². The zero-order valence-electron chi connectivity index (χ0n) is 13.1. The minimum absolute atomic E-state index is 0.286. The van der Waals surface area contributed by atoms with Crippen molar-refractivity contribution in [3.63, 3.8) is 0 Å². The van der Waals surface area contributed by atoms with Gasteiger partial charge in [0.25, 0.3) is 0 Å². The molecule has 3 heterocycles. The smallest absolute Gasteiger partial charge is 0.228 e. The van der Waals surface area contributed by atoms with Crippen LogP contribution >= 0.6 is 0 Å². The second kappa shape index (κ2) is 5.54. The zero-order chi connectivity index (χ0) is 14.3. The Morgan fingerprint density at radius 1 is 1.05 bits per heavy atom. The molecule has 3 aliphatic heterocycles. The van der Waals surface area contributed by atoms with Crippen molar-refractivity contribution in [1.82, 2.24) is 9.80 Å². The number of ether oxygens (including phenoxy) is 1. The molecule has 0 aromatic rings. The third-order valence-electron chi connectivity index (χ3n) is 6.12. The molecule has 1 aliphatic carbocycles. The fraction of sp³-hybridized carbons (Fsp3) is 0.941. The molecule has 4 rings (SSSR count). The minimum atomic E-state index is 0.286. The van der Waals surface area contributed by atoms with E-state index in [0.717, 1.165) is 45.4 Å². The lowest BCUT2D eigenvalue weighted by atomic mass is 9.74. The van der Waals surface area contributed by atoms with Crippen molar-refractivity contribution >= 4 is 5.91 Å². The van der Waals surface area contributed by atoms with Crippen LogP contribution in [0.4, 0.5) is 0 Å². The summed E-state index contributed by atoms with van der Waals surface area (Å²) in [5.41, 5.74) is 0.320. The van der Waals surface area contributed by atoms with E-state index in [0.29, 0.717) is 11.3 Å². The van der Waals surface area contributed by atoms with Crippen molar-refractivity contribution in [2.45, 2.75) is 51.0 Å². The lowest BCUT2D eigenvalue weighted by Gasteiger charge is -2.54. The molecule has 0 atom stereocenters. The molecular weight excluding hydrogens is 264 g/mol. The molecule has 0 N–H and O–H groups in total. The predicted molar refractivity (Wildman–Crippen MR) is 81.0 cm³/mol. The van der Waals surface area contributed by atoms with Gasteiger partial charge in [-0.15, -0.1) is 0 Å². The second-order valence-corrected chi connectivity index (χ2v) is 7.79. The molecule has 118 valence electrons. The van der Waals surface area contributed by atoms with Gasteiger partial charge in [-0.05, 0) is 25.7 Å². The summed E-state index contributed by atoms with van der Waals surface area (Å²) in [6, 6.07) is 0.775. The number of carbonyl (C=O) groups is 1. The Bertz CT molecular complexity index is 386. The van der Waals surface area contributed by atoms with Gasteiger partial charge in [-0.1, -0.05) is 19.3 Å². The Kier molecular flexibility index (Phi) is 3.70. The molecule has 1 spiro atoms. The van der Waals surface area contributed by atoms with Crippen LogP contribution in [-0.4, -0.2) is 61.1 Å². The number of nitrogens with zero attached hydrogens (tertiary/aromatic N) is 2. The molecular formula is C17H28N2O2. The van der Waals surface area contributed by atoms with Gasteiger partial charge in [0.05, 0.1) is 12.5 Å². The number of carbonyl (C=O) groups excluding carboxylic acids is 1. The molecule has 21 heavy (non-hydrogen) atoms. The monoisotopic (exact) mass is 292 g/mol. The first-order chi connectivity index (χ1) is 10.3. The van der Waals surface area contributed by atoms with Crippen molar-refractivity contribution in [3.05, 3.63) is 0 Å². The average molecular weight is 292 g/mol. The zero-order valence-corrected chi connectivity index (χ0v) is 13.1. The molecule has 0 radical (unpaired) electrons. The van der Waals surface area contributed by atoms with Crippen LogP contribution in [-0.2, 0) is 9.53 Å². The van der Waals surface area contributed by atoms with E-state index >= 15 is 0 Å². The first-order valence-electron chi connectivity index (χ1n) is 8.86. The topological polar surface area (TPSA) is 32.8 Å². The first-order valence-corrected chi connectivity index (χ1v) is 8.86. The Hall–Kier alpha value is -0.610. The second-order valence-electron chi connectivity index (χ2n) is 7.79. The van der Waals surface area contributed by atoms with Gasteiger partial charge in [-0.3, -0.25) is 9.69 Å². The summed E-state index contributed by atoms with van der Waals surface area (Å²) in [7, 11) is 0. The van der Waals surface area contributed by atoms with Crippen LogP contribution in [0.3, 0.4) is 0 Å². The van der Waals surface area contributed by atoms with Gasteiger partial charge in [-0.25, -0.2) is 0 Å². The highest BCUT2D eigenvalue weighted by molar-refractivity contribution is 5.81. The third-order valence-corrected chi connectivity index (χ3v) is 6.12. The highest BCUT2D eigenvalue weighted by atomic mass is 16.5. The minimum Gasteiger partial charge on any atom is -0.381 e. The van der Waals surface area contributed by atoms with Crippen LogP contribution < -0.4 is 0 Å². The molecule has 0 aromatic heterocycles. The molecule has 4 aliphatic rings. The van der Waals surface area contributed by atoms with Gasteiger partial charge < -0.3 is 9.64 Å². The van der Waals surface area contributed by atoms with E-state index < -0.39 is 0 Å². The average Bonchev–Trinajstić information content (AvgIpc) is 2.45. The fourth-order valence-electron chi connectivity index (χ4n) is 4.75. The number of hydrogen-bond acceptors (Lipinski definition) is 3. The lowest BCUT2D eigenvalue weighted by molar-refractivity contribution is -0.164. The van der Waals surface area contributed by atoms with E-state index in [1.165, 1.54) is 44.9 Å².